The molecule has 4 N–H and O–H groups in total. The van der Waals surface area contributed by atoms with Gasteiger partial charge in [-0.2, -0.15) is 0 Å². The SMILES string of the molecule is C[C@H](O)[C@@H](NC(=O)CCCc1c[nH]c2ccccc12)C(=O)O. The molecule has 0 radical (unpaired) electrons. The number of carboxylic acid groups (broad SMARTS) is 1. The van der Waals surface area contributed by atoms with Gasteiger partial charge in [-0.15, -0.1) is 0 Å². The molecule has 0 unspecified atom stereocenters. The van der Waals surface area contributed by atoms with Gasteiger partial charge < -0.3 is 20.5 Å². The molecular weight excluding hydrogens is 284 g/mol. The number of carbonyl (C=O) groups is 2. The molecule has 0 bridgehead atoms. The Kier molecular flexibility index (Phi) is 5.16. The second-order valence-electron chi connectivity index (χ2n) is 5.34. The van der Waals surface area contributed by atoms with E-state index in [-0.39, 0.29) is 12.3 Å². The molecule has 0 aliphatic heterocycles. The maximum Gasteiger partial charge on any atom is 0.328 e. The van der Waals surface area contributed by atoms with Crippen LogP contribution >= 0.6 is 0 Å². The van der Waals surface area contributed by atoms with Gasteiger partial charge in [0.1, 0.15) is 0 Å². The molecule has 2 rings (SSSR count). The van der Waals surface area contributed by atoms with Gasteiger partial charge in [0.2, 0.25) is 5.91 Å². The number of amides is 1. The number of carbonyl (C=O) groups excluding carboxylic acids is 1. The highest BCUT2D eigenvalue weighted by molar-refractivity contribution is 5.84. The number of aliphatic hydroxyl groups is 1. The number of fused-ring (bicyclic) bond motifs is 1. The molecule has 1 amide bonds. The minimum Gasteiger partial charge on any atom is -0.480 e. The Bertz CT molecular complexity index is 663. The summed E-state index contributed by atoms with van der Waals surface area (Å²) in [5, 5.41) is 21.7. The van der Waals surface area contributed by atoms with Crippen molar-refractivity contribution < 1.29 is 19.8 Å². The fourth-order valence-corrected chi connectivity index (χ4v) is 2.41. The predicted molar refractivity (Wildman–Crippen MR) is 82.5 cm³/mol. The number of aromatic nitrogens is 1. The van der Waals surface area contributed by atoms with E-state index >= 15 is 0 Å². The van der Waals surface area contributed by atoms with Crippen LogP contribution in [0, 0.1) is 0 Å². The van der Waals surface area contributed by atoms with E-state index in [0.29, 0.717) is 6.42 Å². The number of para-hydroxylation sites is 1. The maximum atomic E-state index is 11.8. The summed E-state index contributed by atoms with van der Waals surface area (Å²) < 4.78 is 0. The van der Waals surface area contributed by atoms with Crippen molar-refractivity contribution in [3.05, 3.63) is 36.0 Å². The summed E-state index contributed by atoms with van der Waals surface area (Å²) in [5.74, 6) is -1.60. The van der Waals surface area contributed by atoms with E-state index in [1.165, 1.54) is 6.92 Å². The maximum absolute atomic E-state index is 11.8. The van der Waals surface area contributed by atoms with Crippen molar-refractivity contribution in [2.75, 3.05) is 0 Å². The first kappa shape index (κ1) is 16.0. The second kappa shape index (κ2) is 7.09. The van der Waals surface area contributed by atoms with E-state index in [9.17, 15) is 14.7 Å². The first-order valence-corrected chi connectivity index (χ1v) is 7.24. The van der Waals surface area contributed by atoms with Crippen LogP contribution in [0.1, 0.15) is 25.3 Å². The Hall–Kier alpha value is -2.34. The molecular formula is C16H20N2O4. The van der Waals surface area contributed by atoms with E-state index in [0.717, 1.165) is 22.9 Å². The standard InChI is InChI=1S/C16H20N2O4/c1-10(19)15(16(21)22)18-14(20)8-4-5-11-9-17-13-7-3-2-6-12(11)13/h2-3,6-7,9-10,15,17,19H,4-5,8H2,1H3,(H,18,20)(H,21,22)/t10-,15+/m0/s1. The van der Waals surface area contributed by atoms with Crippen LogP contribution in [-0.2, 0) is 16.0 Å². The van der Waals surface area contributed by atoms with Gasteiger partial charge in [0.25, 0.3) is 0 Å². The van der Waals surface area contributed by atoms with E-state index < -0.39 is 18.1 Å². The summed E-state index contributed by atoms with van der Waals surface area (Å²) in [4.78, 5) is 25.8. The van der Waals surface area contributed by atoms with E-state index in [1.807, 2.05) is 30.5 Å². The smallest absolute Gasteiger partial charge is 0.328 e. The fraction of sp³-hybridized carbons (Fsp3) is 0.375. The number of aliphatic carboxylic acids is 1. The minimum absolute atomic E-state index is 0.218. The molecule has 0 spiro atoms. The Balaban J connectivity index is 1.85. The molecule has 1 heterocycles. The van der Waals surface area contributed by atoms with Gasteiger partial charge in [0.15, 0.2) is 6.04 Å². The Labute approximate surface area is 128 Å². The van der Waals surface area contributed by atoms with Crippen LogP contribution in [0.4, 0.5) is 0 Å². The van der Waals surface area contributed by atoms with E-state index in [1.54, 1.807) is 0 Å². The molecule has 0 aliphatic rings. The first-order chi connectivity index (χ1) is 10.5. The van der Waals surface area contributed by atoms with Crippen molar-refractivity contribution in [3.63, 3.8) is 0 Å². The zero-order chi connectivity index (χ0) is 16.1. The van der Waals surface area contributed by atoms with Crippen molar-refractivity contribution in [3.8, 4) is 0 Å². The quantitative estimate of drug-likeness (QED) is 0.621. The van der Waals surface area contributed by atoms with Gasteiger partial charge in [-0.05, 0) is 31.4 Å². The van der Waals surface area contributed by atoms with Crippen molar-refractivity contribution in [1.82, 2.24) is 10.3 Å². The van der Waals surface area contributed by atoms with Crippen molar-refractivity contribution >= 4 is 22.8 Å². The zero-order valence-corrected chi connectivity index (χ0v) is 12.4. The highest BCUT2D eigenvalue weighted by Gasteiger charge is 2.24. The molecule has 6 heteroatoms. The third-order valence-corrected chi connectivity index (χ3v) is 3.59. The number of H-pyrrole nitrogens is 1. The molecule has 0 saturated heterocycles. The third-order valence-electron chi connectivity index (χ3n) is 3.59. The minimum atomic E-state index is -1.26. The third kappa shape index (κ3) is 3.85. The Morgan fingerprint density at radius 1 is 1.32 bits per heavy atom. The van der Waals surface area contributed by atoms with Crippen LogP contribution in [-0.4, -0.2) is 39.2 Å². The Morgan fingerprint density at radius 2 is 2.05 bits per heavy atom. The molecule has 0 saturated carbocycles. The van der Waals surface area contributed by atoms with Crippen LogP contribution in [0.15, 0.2) is 30.5 Å². The molecule has 6 nitrogen and oxygen atoms in total. The molecule has 2 aromatic rings. The molecule has 118 valence electrons. The summed E-state index contributed by atoms with van der Waals surface area (Å²) in [6.45, 7) is 1.34. The molecule has 22 heavy (non-hydrogen) atoms. The fourth-order valence-electron chi connectivity index (χ4n) is 2.41. The van der Waals surface area contributed by atoms with E-state index in [2.05, 4.69) is 10.3 Å². The molecule has 0 fully saturated rings. The number of benzene rings is 1. The first-order valence-electron chi connectivity index (χ1n) is 7.24. The summed E-state index contributed by atoms with van der Waals surface area (Å²) in [7, 11) is 0. The van der Waals surface area contributed by atoms with Gasteiger partial charge in [0.05, 0.1) is 6.10 Å². The number of carboxylic acids is 1. The average Bonchev–Trinajstić information content (AvgIpc) is 2.88. The van der Waals surface area contributed by atoms with Crippen molar-refractivity contribution in [1.29, 1.82) is 0 Å². The second-order valence-corrected chi connectivity index (χ2v) is 5.34. The largest absolute Gasteiger partial charge is 0.480 e. The summed E-state index contributed by atoms with van der Waals surface area (Å²) >= 11 is 0. The van der Waals surface area contributed by atoms with Gasteiger partial charge >= 0.3 is 5.97 Å². The van der Waals surface area contributed by atoms with Gasteiger partial charge in [0, 0.05) is 23.5 Å². The molecule has 1 aromatic carbocycles. The van der Waals surface area contributed by atoms with Gasteiger partial charge in [-0.1, -0.05) is 18.2 Å². The lowest BCUT2D eigenvalue weighted by atomic mass is 10.1. The molecule has 0 aliphatic carbocycles. The summed E-state index contributed by atoms with van der Waals surface area (Å²) in [6, 6.07) is 6.67. The van der Waals surface area contributed by atoms with Crippen LogP contribution in [0.5, 0.6) is 0 Å². The predicted octanol–water partition coefficient (Wildman–Crippen LogP) is 1.44. The Morgan fingerprint density at radius 3 is 2.73 bits per heavy atom. The molecule has 1 aromatic heterocycles. The van der Waals surface area contributed by atoms with Crippen molar-refractivity contribution in [2.45, 2.75) is 38.3 Å². The topological polar surface area (TPSA) is 102 Å². The number of nitrogens with one attached hydrogen (secondary N) is 2. The number of hydrogen-bond acceptors (Lipinski definition) is 3. The van der Waals surface area contributed by atoms with Crippen LogP contribution < -0.4 is 5.32 Å². The monoisotopic (exact) mass is 304 g/mol. The lowest BCUT2D eigenvalue weighted by Crippen LogP contribution is -2.47. The van der Waals surface area contributed by atoms with Crippen molar-refractivity contribution in [2.24, 2.45) is 0 Å². The number of rotatable bonds is 7. The van der Waals surface area contributed by atoms with Gasteiger partial charge in [-0.3, -0.25) is 4.79 Å². The number of aryl methyl sites for hydroxylation is 1. The lowest BCUT2D eigenvalue weighted by molar-refractivity contribution is -0.144. The average molecular weight is 304 g/mol. The number of hydrogen-bond donors (Lipinski definition) is 4. The number of aliphatic hydroxyl groups excluding tert-OH is 1. The van der Waals surface area contributed by atoms with Gasteiger partial charge in [-0.25, -0.2) is 4.79 Å². The number of aromatic amines is 1. The molecule has 2 atom stereocenters. The normalized spacial score (nSPS) is 13.7. The highest BCUT2D eigenvalue weighted by Crippen LogP contribution is 2.19. The lowest BCUT2D eigenvalue weighted by Gasteiger charge is -2.16. The summed E-state index contributed by atoms with van der Waals surface area (Å²) in [5.41, 5.74) is 2.19. The summed E-state index contributed by atoms with van der Waals surface area (Å²) in [6.07, 6.45) is 2.35. The highest BCUT2D eigenvalue weighted by atomic mass is 16.4. The van der Waals surface area contributed by atoms with Crippen LogP contribution in [0.3, 0.4) is 0 Å². The zero-order valence-electron chi connectivity index (χ0n) is 12.4. The van der Waals surface area contributed by atoms with Crippen LogP contribution in [0.2, 0.25) is 0 Å². The van der Waals surface area contributed by atoms with E-state index in [4.69, 9.17) is 5.11 Å². The van der Waals surface area contributed by atoms with Crippen LogP contribution in [0.25, 0.3) is 10.9 Å².